The van der Waals surface area contributed by atoms with E-state index in [0.717, 1.165) is 24.8 Å². The van der Waals surface area contributed by atoms with Gasteiger partial charge in [-0.3, -0.25) is 0 Å². The van der Waals surface area contributed by atoms with Crippen LogP contribution in [0.5, 0.6) is 0 Å². The smallest absolute Gasteiger partial charge is 0.315 e. The van der Waals surface area contributed by atoms with Crippen molar-refractivity contribution >= 4 is 6.03 Å². The summed E-state index contributed by atoms with van der Waals surface area (Å²) >= 11 is 0. The molecule has 2 unspecified atom stereocenters. The number of carbonyl (C=O) groups is 1. The van der Waals surface area contributed by atoms with E-state index in [-0.39, 0.29) is 17.7 Å². The van der Waals surface area contributed by atoms with Crippen molar-refractivity contribution < 1.29 is 14.6 Å². The Morgan fingerprint density at radius 1 is 1.36 bits per heavy atom. The first-order valence-corrected chi connectivity index (χ1v) is 7.86. The van der Waals surface area contributed by atoms with Gasteiger partial charge in [-0.1, -0.05) is 30.3 Å². The molecule has 1 aromatic rings. The Labute approximate surface area is 132 Å². The summed E-state index contributed by atoms with van der Waals surface area (Å²) in [4.78, 5) is 11.9. The molecule has 0 heterocycles. The van der Waals surface area contributed by atoms with Gasteiger partial charge in [-0.15, -0.1) is 0 Å². The fourth-order valence-electron chi connectivity index (χ4n) is 2.65. The molecule has 3 N–H and O–H groups in total. The number of carbonyl (C=O) groups excluding carboxylic acids is 1. The van der Waals surface area contributed by atoms with E-state index < -0.39 is 6.10 Å². The lowest BCUT2D eigenvalue weighted by atomic mass is 9.80. The second-order valence-electron chi connectivity index (χ2n) is 6.11. The van der Waals surface area contributed by atoms with Crippen molar-refractivity contribution in [2.75, 3.05) is 13.7 Å². The summed E-state index contributed by atoms with van der Waals surface area (Å²) in [6, 6.07) is 9.18. The van der Waals surface area contributed by atoms with Crippen LogP contribution in [-0.2, 0) is 11.2 Å². The van der Waals surface area contributed by atoms with Crippen LogP contribution >= 0.6 is 0 Å². The zero-order valence-electron chi connectivity index (χ0n) is 13.3. The number of ether oxygens (including phenoxy) is 1. The third-order valence-corrected chi connectivity index (χ3v) is 4.49. The molecule has 1 aliphatic rings. The molecule has 1 aromatic carbocycles. The Morgan fingerprint density at radius 3 is 2.59 bits per heavy atom. The van der Waals surface area contributed by atoms with E-state index in [1.54, 1.807) is 7.11 Å². The summed E-state index contributed by atoms with van der Waals surface area (Å²) < 4.78 is 5.46. The van der Waals surface area contributed by atoms with Gasteiger partial charge in [-0.2, -0.15) is 0 Å². The average Bonchev–Trinajstić information content (AvgIpc) is 2.47. The maximum Gasteiger partial charge on any atom is 0.315 e. The number of amides is 2. The highest BCUT2D eigenvalue weighted by Gasteiger charge is 2.37. The number of aliphatic hydroxyl groups excluding tert-OH is 1. The fourth-order valence-corrected chi connectivity index (χ4v) is 2.65. The van der Waals surface area contributed by atoms with Gasteiger partial charge in [-0.05, 0) is 31.7 Å². The molecular weight excluding hydrogens is 280 g/mol. The fraction of sp³-hybridized carbons (Fsp3) is 0.588. The highest BCUT2D eigenvalue weighted by molar-refractivity contribution is 5.74. The summed E-state index contributed by atoms with van der Waals surface area (Å²) in [7, 11) is 1.69. The van der Waals surface area contributed by atoms with Crippen molar-refractivity contribution in [1.29, 1.82) is 0 Å². The summed E-state index contributed by atoms with van der Waals surface area (Å²) in [5.74, 6) is 0. The summed E-state index contributed by atoms with van der Waals surface area (Å²) in [6.45, 7) is 2.32. The molecule has 0 aliphatic heterocycles. The van der Waals surface area contributed by atoms with Gasteiger partial charge in [-0.25, -0.2) is 4.79 Å². The SMILES string of the molecule is COC1(CNC(=O)NC(C)C(O)Cc2ccccc2)CCC1. The molecule has 1 fully saturated rings. The van der Waals surface area contributed by atoms with Crippen molar-refractivity contribution in [3.05, 3.63) is 35.9 Å². The molecule has 0 aromatic heterocycles. The van der Waals surface area contributed by atoms with Crippen molar-refractivity contribution in [2.45, 2.75) is 50.4 Å². The molecule has 1 aliphatic carbocycles. The van der Waals surface area contributed by atoms with Crippen LogP contribution in [0.1, 0.15) is 31.7 Å². The Balaban J connectivity index is 1.73. The number of nitrogens with one attached hydrogen (secondary N) is 2. The van der Waals surface area contributed by atoms with E-state index in [1.807, 2.05) is 37.3 Å². The predicted molar refractivity (Wildman–Crippen MR) is 85.7 cm³/mol. The highest BCUT2D eigenvalue weighted by atomic mass is 16.5. The van der Waals surface area contributed by atoms with Crippen LogP contribution in [0.4, 0.5) is 4.79 Å². The van der Waals surface area contributed by atoms with Gasteiger partial charge in [0.15, 0.2) is 0 Å². The van der Waals surface area contributed by atoms with Gasteiger partial charge in [0.25, 0.3) is 0 Å². The third-order valence-electron chi connectivity index (χ3n) is 4.49. The van der Waals surface area contributed by atoms with Crippen LogP contribution in [0.25, 0.3) is 0 Å². The van der Waals surface area contributed by atoms with Gasteiger partial charge in [0.05, 0.1) is 17.7 Å². The minimum atomic E-state index is -0.617. The van der Waals surface area contributed by atoms with E-state index in [4.69, 9.17) is 4.74 Å². The Bertz CT molecular complexity index is 469. The number of methoxy groups -OCH3 is 1. The van der Waals surface area contributed by atoms with Gasteiger partial charge < -0.3 is 20.5 Å². The molecule has 0 saturated heterocycles. The van der Waals surface area contributed by atoms with Crippen LogP contribution in [-0.4, -0.2) is 42.5 Å². The molecule has 2 atom stereocenters. The Hall–Kier alpha value is -1.59. The molecule has 5 heteroatoms. The van der Waals surface area contributed by atoms with Gasteiger partial charge in [0.2, 0.25) is 0 Å². The number of rotatable bonds is 7. The minimum absolute atomic E-state index is 0.191. The largest absolute Gasteiger partial charge is 0.391 e. The zero-order chi connectivity index (χ0) is 16.0. The minimum Gasteiger partial charge on any atom is -0.391 e. The van der Waals surface area contributed by atoms with Crippen LogP contribution < -0.4 is 10.6 Å². The molecule has 0 bridgehead atoms. The first-order chi connectivity index (χ1) is 10.5. The van der Waals surface area contributed by atoms with E-state index >= 15 is 0 Å². The van der Waals surface area contributed by atoms with Crippen LogP contribution in [0.3, 0.4) is 0 Å². The molecule has 0 radical (unpaired) electrons. The van der Waals surface area contributed by atoms with Gasteiger partial charge in [0, 0.05) is 20.1 Å². The van der Waals surface area contributed by atoms with E-state index in [9.17, 15) is 9.90 Å². The zero-order valence-corrected chi connectivity index (χ0v) is 13.3. The molecule has 1 saturated carbocycles. The summed E-state index contributed by atoms with van der Waals surface area (Å²) in [5.41, 5.74) is 0.861. The quantitative estimate of drug-likeness (QED) is 0.720. The van der Waals surface area contributed by atoms with E-state index in [1.165, 1.54) is 0 Å². The van der Waals surface area contributed by atoms with Gasteiger partial charge in [0.1, 0.15) is 0 Å². The number of urea groups is 1. The molecule has 5 nitrogen and oxygen atoms in total. The molecule has 22 heavy (non-hydrogen) atoms. The summed E-state index contributed by atoms with van der Waals surface area (Å²) in [5, 5.41) is 15.8. The topological polar surface area (TPSA) is 70.6 Å². The number of benzene rings is 1. The molecule has 2 rings (SSSR count). The van der Waals surface area contributed by atoms with Crippen molar-refractivity contribution in [1.82, 2.24) is 10.6 Å². The first kappa shape index (κ1) is 16.8. The van der Waals surface area contributed by atoms with Crippen LogP contribution in [0.15, 0.2) is 30.3 Å². The van der Waals surface area contributed by atoms with Crippen LogP contribution in [0, 0.1) is 0 Å². The molecule has 122 valence electrons. The lowest BCUT2D eigenvalue weighted by molar-refractivity contribution is -0.0674. The Kier molecular flexibility index (Phi) is 5.80. The van der Waals surface area contributed by atoms with Crippen molar-refractivity contribution in [3.63, 3.8) is 0 Å². The maximum atomic E-state index is 11.9. The van der Waals surface area contributed by atoms with E-state index in [2.05, 4.69) is 10.6 Å². The standard InChI is InChI=1S/C17H26N2O3/c1-13(15(20)11-14-7-4-3-5-8-14)19-16(21)18-12-17(22-2)9-6-10-17/h3-5,7-8,13,15,20H,6,9-12H2,1-2H3,(H2,18,19,21). The number of aliphatic hydroxyl groups is 1. The third kappa shape index (κ3) is 4.45. The lowest BCUT2D eigenvalue weighted by Crippen LogP contribution is -2.53. The molecule has 0 spiro atoms. The molecular formula is C17H26N2O3. The monoisotopic (exact) mass is 306 g/mol. The average molecular weight is 306 g/mol. The normalized spacial score (nSPS) is 18.9. The number of hydrogen-bond donors (Lipinski definition) is 3. The maximum absolute atomic E-state index is 11.9. The first-order valence-electron chi connectivity index (χ1n) is 7.86. The highest BCUT2D eigenvalue weighted by Crippen LogP contribution is 2.34. The van der Waals surface area contributed by atoms with Crippen LogP contribution in [0.2, 0.25) is 0 Å². The van der Waals surface area contributed by atoms with E-state index in [0.29, 0.717) is 13.0 Å². The Morgan fingerprint density at radius 2 is 2.05 bits per heavy atom. The second-order valence-corrected chi connectivity index (χ2v) is 6.11. The number of hydrogen-bond acceptors (Lipinski definition) is 3. The van der Waals surface area contributed by atoms with Crippen molar-refractivity contribution in [2.24, 2.45) is 0 Å². The van der Waals surface area contributed by atoms with Gasteiger partial charge >= 0.3 is 6.03 Å². The molecule has 2 amide bonds. The summed E-state index contributed by atoms with van der Waals surface area (Å²) in [6.07, 6.45) is 3.01. The van der Waals surface area contributed by atoms with Crippen molar-refractivity contribution in [3.8, 4) is 0 Å². The second kappa shape index (κ2) is 7.61. The lowest BCUT2D eigenvalue weighted by Gasteiger charge is -2.40. The predicted octanol–water partition coefficient (Wildman–Crippen LogP) is 1.85.